The van der Waals surface area contributed by atoms with Crippen molar-refractivity contribution < 1.29 is 9.47 Å². The minimum absolute atomic E-state index is 0.467. The summed E-state index contributed by atoms with van der Waals surface area (Å²) in [5, 5.41) is 9.23. The highest BCUT2D eigenvalue weighted by Crippen LogP contribution is 2.33. The molecule has 0 aromatic heterocycles. The minimum Gasteiger partial charge on any atom is -0.457 e. The van der Waals surface area contributed by atoms with Gasteiger partial charge in [0.2, 0.25) is 0 Å². The average molecular weight is 251 g/mol. The van der Waals surface area contributed by atoms with Gasteiger partial charge in [0.25, 0.3) is 0 Å². The lowest BCUT2D eigenvalue weighted by atomic mass is 9.80. The summed E-state index contributed by atoms with van der Waals surface area (Å²) in [5.74, 6) is 1.57. The molecule has 3 nitrogen and oxygen atoms in total. The Hall–Kier alpha value is -2.31. The summed E-state index contributed by atoms with van der Waals surface area (Å²) in [6, 6.07) is 19.6. The van der Waals surface area contributed by atoms with Crippen LogP contribution in [0.5, 0.6) is 11.5 Å². The quantitative estimate of drug-likeness (QED) is 0.840. The van der Waals surface area contributed by atoms with Gasteiger partial charge in [-0.25, -0.2) is 0 Å². The third kappa shape index (κ3) is 2.18. The summed E-state index contributed by atoms with van der Waals surface area (Å²) in [6.07, 6.45) is 0. The molecule has 2 aromatic carbocycles. The lowest BCUT2D eigenvalue weighted by molar-refractivity contribution is -0.0298. The molecule has 1 aliphatic heterocycles. The molecule has 0 aliphatic carbocycles. The van der Waals surface area contributed by atoms with Crippen molar-refractivity contribution in [1.82, 2.24) is 0 Å². The summed E-state index contributed by atoms with van der Waals surface area (Å²) < 4.78 is 10.9. The Kier molecular flexibility index (Phi) is 2.94. The molecule has 2 aromatic rings. The van der Waals surface area contributed by atoms with E-state index in [-0.39, 0.29) is 0 Å². The molecular formula is C16H13NO2. The van der Waals surface area contributed by atoms with Crippen molar-refractivity contribution in [2.45, 2.75) is 5.41 Å². The average Bonchev–Trinajstić information content (AvgIpc) is 2.41. The molecule has 0 atom stereocenters. The maximum Gasteiger partial charge on any atom is 0.129 e. The van der Waals surface area contributed by atoms with Crippen LogP contribution in [0.4, 0.5) is 0 Å². The van der Waals surface area contributed by atoms with Crippen molar-refractivity contribution in [2.24, 2.45) is 0 Å². The molecule has 0 bridgehead atoms. The number of ether oxygens (including phenoxy) is 2. The zero-order chi connectivity index (χ0) is 13.1. The highest BCUT2D eigenvalue weighted by molar-refractivity contribution is 5.40. The monoisotopic (exact) mass is 251 g/mol. The second kappa shape index (κ2) is 4.75. The van der Waals surface area contributed by atoms with E-state index in [2.05, 4.69) is 6.07 Å². The van der Waals surface area contributed by atoms with Crippen molar-refractivity contribution in [1.29, 1.82) is 5.26 Å². The van der Waals surface area contributed by atoms with Crippen LogP contribution in [0.25, 0.3) is 0 Å². The smallest absolute Gasteiger partial charge is 0.129 e. The maximum atomic E-state index is 9.23. The Labute approximate surface area is 112 Å². The van der Waals surface area contributed by atoms with Crippen molar-refractivity contribution in [3.05, 3.63) is 60.2 Å². The molecule has 94 valence electrons. The molecule has 3 heteroatoms. The van der Waals surface area contributed by atoms with Gasteiger partial charge in [0.1, 0.15) is 16.9 Å². The van der Waals surface area contributed by atoms with Crippen LogP contribution in [0, 0.1) is 11.3 Å². The fraction of sp³-hybridized carbons (Fsp3) is 0.188. The molecule has 0 N–H and O–H groups in total. The molecule has 3 rings (SSSR count). The third-order valence-electron chi connectivity index (χ3n) is 3.30. The van der Waals surface area contributed by atoms with Crippen LogP contribution in [0.15, 0.2) is 54.6 Å². The lowest BCUT2D eigenvalue weighted by Crippen LogP contribution is -2.45. The lowest BCUT2D eigenvalue weighted by Gasteiger charge is -2.35. The minimum atomic E-state index is -0.467. The first-order chi connectivity index (χ1) is 9.32. The number of rotatable bonds is 3. The zero-order valence-electron chi connectivity index (χ0n) is 10.4. The van der Waals surface area contributed by atoms with Crippen LogP contribution in [-0.4, -0.2) is 13.2 Å². The highest BCUT2D eigenvalue weighted by Gasteiger charge is 2.40. The predicted molar refractivity (Wildman–Crippen MR) is 71.1 cm³/mol. The molecule has 0 radical (unpaired) electrons. The van der Waals surface area contributed by atoms with Gasteiger partial charge in [0.15, 0.2) is 0 Å². The Bertz CT molecular complexity index is 595. The van der Waals surface area contributed by atoms with Crippen molar-refractivity contribution in [3.8, 4) is 17.6 Å². The summed E-state index contributed by atoms with van der Waals surface area (Å²) in [4.78, 5) is 0. The maximum absolute atomic E-state index is 9.23. The first-order valence-corrected chi connectivity index (χ1v) is 6.15. The predicted octanol–water partition coefficient (Wildman–Crippen LogP) is 3.27. The Morgan fingerprint density at radius 2 is 1.58 bits per heavy atom. The van der Waals surface area contributed by atoms with E-state index in [1.54, 1.807) is 0 Å². The van der Waals surface area contributed by atoms with Gasteiger partial charge < -0.3 is 9.47 Å². The van der Waals surface area contributed by atoms with Crippen LogP contribution >= 0.6 is 0 Å². The SMILES string of the molecule is N#CC1(c2ccc(Oc3ccccc3)cc2)COC1. The molecule has 0 amide bonds. The molecule has 0 spiro atoms. The third-order valence-corrected chi connectivity index (χ3v) is 3.30. The molecule has 1 fully saturated rings. The van der Waals surface area contributed by atoms with E-state index in [0.29, 0.717) is 13.2 Å². The molecular weight excluding hydrogens is 238 g/mol. The van der Waals surface area contributed by atoms with Gasteiger partial charge in [-0.3, -0.25) is 0 Å². The van der Waals surface area contributed by atoms with Crippen LogP contribution in [0.3, 0.4) is 0 Å². The number of para-hydroxylation sites is 1. The molecule has 0 unspecified atom stereocenters. The number of nitrogens with zero attached hydrogens (tertiary/aromatic N) is 1. The van der Waals surface area contributed by atoms with Gasteiger partial charge >= 0.3 is 0 Å². The second-order valence-electron chi connectivity index (χ2n) is 4.63. The fourth-order valence-electron chi connectivity index (χ4n) is 2.07. The number of hydrogen-bond acceptors (Lipinski definition) is 3. The molecule has 1 heterocycles. The summed E-state index contributed by atoms with van der Waals surface area (Å²) in [5.41, 5.74) is 0.521. The Balaban J connectivity index is 1.78. The highest BCUT2D eigenvalue weighted by atomic mass is 16.5. The van der Waals surface area contributed by atoms with Crippen molar-refractivity contribution in [2.75, 3.05) is 13.2 Å². The van der Waals surface area contributed by atoms with E-state index in [1.165, 1.54) is 0 Å². The molecule has 1 aliphatic rings. The van der Waals surface area contributed by atoms with E-state index in [1.807, 2.05) is 54.6 Å². The van der Waals surface area contributed by atoms with Gasteiger partial charge in [-0.15, -0.1) is 0 Å². The number of nitriles is 1. The molecule has 0 saturated carbocycles. The topological polar surface area (TPSA) is 42.2 Å². The van der Waals surface area contributed by atoms with Crippen LogP contribution in [0.1, 0.15) is 5.56 Å². The van der Waals surface area contributed by atoms with E-state index >= 15 is 0 Å². The van der Waals surface area contributed by atoms with Crippen LogP contribution in [-0.2, 0) is 10.2 Å². The van der Waals surface area contributed by atoms with Crippen LogP contribution < -0.4 is 4.74 Å². The van der Waals surface area contributed by atoms with E-state index in [4.69, 9.17) is 9.47 Å². The molecule has 19 heavy (non-hydrogen) atoms. The first kappa shape index (κ1) is 11.8. The van der Waals surface area contributed by atoms with E-state index in [9.17, 15) is 5.26 Å². The second-order valence-corrected chi connectivity index (χ2v) is 4.63. The summed E-state index contributed by atoms with van der Waals surface area (Å²) in [6.45, 7) is 0.949. The van der Waals surface area contributed by atoms with Crippen LogP contribution in [0.2, 0.25) is 0 Å². The van der Waals surface area contributed by atoms with E-state index in [0.717, 1.165) is 17.1 Å². The van der Waals surface area contributed by atoms with E-state index < -0.39 is 5.41 Å². The van der Waals surface area contributed by atoms with Crippen molar-refractivity contribution >= 4 is 0 Å². The zero-order valence-corrected chi connectivity index (χ0v) is 10.4. The largest absolute Gasteiger partial charge is 0.457 e. The molecule has 1 saturated heterocycles. The summed E-state index contributed by atoms with van der Waals surface area (Å²) in [7, 11) is 0. The standard InChI is InChI=1S/C16H13NO2/c17-10-16(11-18-12-16)13-6-8-15(9-7-13)19-14-4-2-1-3-5-14/h1-9H,11-12H2. The van der Waals surface area contributed by atoms with Gasteiger partial charge in [-0.1, -0.05) is 30.3 Å². The van der Waals surface area contributed by atoms with Gasteiger partial charge in [0, 0.05) is 0 Å². The van der Waals surface area contributed by atoms with Crippen molar-refractivity contribution in [3.63, 3.8) is 0 Å². The fourth-order valence-corrected chi connectivity index (χ4v) is 2.07. The van der Waals surface area contributed by atoms with Gasteiger partial charge in [-0.2, -0.15) is 5.26 Å². The summed E-state index contributed by atoms with van der Waals surface area (Å²) >= 11 is 0. The Morgan fingerprint density at radius 3 is 2.11 bits per heavy atom. The number of hydrogen-bond donors (Lipinski definition) is 0. The van der Waals surface area contributed by atoms with Gasteiger partial charge in [0.05, 0.1) is 19.3 Å². The normalized spacial score (nSPS) is 16.2. The number of benzene rings is 2. The van der Waals surface area contributed by atoms with Gasteiger partial charge in [-0.05, 0) is 29.8 Å². The Morgan fingerprint density at radius 1 is 0.947 bits per heavy atom. The first-order valence-electron chi connectivity index (χ1n) is 6.15.